The van der Waals surface area contributed by atoms with Crippen molar-refractivity contribution in [2.75, 3.05) is 0 Å². The lowest BCUT2D eigenvalue weighted by molar-refractivity contribution is 0.0717. The van der Waals surface area contributed by atoms with E-state index in [1.807, 2.05) is 79.0 Å². The van der Waals surface area contributed by atoms with Crippen LogP contribution in [0.15, 0.2) is 95.9 Å². The van der Waals surface area contributed by atoms with Crippen molar-refractivity contribution in [2.45, 2.75) is 13.1 Å². The van der Waals surface area contributed by atoms with Crippen molar-refractivity contribution in [3.8, 4) is 5.69 Å². The summed E-state index contributed by atoms with van der Waals surface area (Å²) in [6.45, 7) is 0.933. The summed E-state index contributed by atoms with van der Waals surface area (Å²) in [5.74, 6) is 0.717. The number of carbonyl (C=O) groups is 1. The highest BCUT2D eigenvalue weighted by molar-refractivity contribution is 5.94. The molecular formula is C22H19N3O2. The highest BCUT2D eigenvalue weighted by Gasteiger charge is 2.18. The van der Waals surface area contributed by atoms with Gasteiger partial charge in [-0.05, 0) is 48.0 Å². The van der Waals surface area contributed by atoms with Gasteiger partial charge >= 0.3 is 0 Å². The molecule has 0 aliphatic heterocycles. The number of rotatable bonds is 6. The van der Waals surface area contributed by atoms with Crippen LogP contribution in [0, 0.1) is 0 Å². The summed E-state index contributed by atoms with van der Waals surface area (Å²) in [6.07, 6.45) is 5.22. The lowest BCUT2D eigenvalue weighted by Crippen LogP contribution is -2.30. The molecular weight excluding hydrogens is 338 g/mol. The van der Waals surface area contributed by atoms with Gasteiger partial charge in [-0.1, -0.05) is 30.3 Å². The van der Waals surface area contributed by atoms with E-state index in [0.29, 0.717) is 18.7 Å². The van der Waals surface area contributed by atoms with E-state index in [1.165, 1.54) is 0 Å². The first-order valence-corrected chi connectivity index (χ1v) is 8.75. The molecule has 0 fully saturated rings. The van der Waals surface area contributed by atoms with E-state index in [2.05, 4.69) is 5.10 Å². The highest BCUT2D eigenvalue weighted by atomic mass is 16.3. The Morgan fingerprint density at radius 3 is 2.41 bits per heavy atom. The van der Waals surface area contributed by atoms with Crippen LogP contribution in [0.5, 0.6) is 0 Å². The predicted octanol–water partition coefficient (Wildman–Crippen LogP) is 4.31. The summed E-state index contributed by atoms with van der Waals surface area (Å²) >= 11 is 0. The van der Waals surface area contributed by atoms with Gasteiger partial charge in [-0.2, -0.15) is 5.10 Å². The molecule has 134 valence electrons. The van der Waals surface area contributed by atoms with Crippen LogP contribution in [-0.4, -0.2) is 20.6 Å². The molecule has 0 unspecified atom stereocenters. The topological polar surface area (TPSA) is 51.3 Å². The van der Waals surface area contributed by atoms with Crippen LogP contribution in [0.25, 0.3) is 5.69 Å². The van der Waals surface area contributed by atoms with Gasteiger partial charge in [0.05, 0.1) is 18.5 Å². The van der Waals surface area contributed by atoms with Crippen LogP contribution in [-0.2, 0) is 13.1 Å². The van der Waals surface area contributed by atoms with E-state index >= 15 is 0 Å². The summed E-state index contributed by atoms with van der Waals surface area (Å²) in [5.41, 5.74) is 2.62. The third-order valence-corrected chi connectivity index (χ3v) is 4.31. The molecule has 5 heteroatoms. The molecule has 0 bridgehead atoms. The summed E-state index contributed by atoms with van der Waals surface area (Å²) in [7, 11) is 0. The second-order valence-electron chi connectivity index (χ2n) is 6.22. The smallest absolute Gasteiger partial charge is 0.254 e. The van der Waals surface area contributed by atoms with Crippen molar-refractivity contribution >= 4 is 5.91 Å². The van der Waals surface area contributed by atoms with E-state index in [-0.39, 0.29) is 5.91 Å². The zero-order chi connectivity index (χ0) is 18.5. The Kier molecular flexibility index (Phi) is 4.83. The molecule has 0 saturated heterocycles. The van der Waals surface area contributed by atoms with E-state index in [4.69, 9.17) is 4.42 Å². The molecule has 0 aliphatic rings. The third-order valence-electron chi connectivity index (χ3n) is 4.31. The Hall–Kier alpha value is -3.60. The van der Waals surface area contributed by atoms with Crippen LogP contribution in [0.2, 0.25) is 0 Å². The fraction of sp³-hybridized carbons (Fsp3) is 0.0909. The number of furan rings is 1. The van der Waals surface area contributed by atoms with Crippen LogP contribution in [0.4, 0.5) is 0 Å². The minimum Gasteiger partial charge on any atom is -0.467 e. The first-order chi connectivity index (χ1) is 13.3. The second kappa shape index (κ2) is 7.74. The molecule has 5 nitrogen and oxygen atoms in total. The van der Waals surface area contributed by atoms with Crippen molar-refractivity contribution < 1.29 is 9.21 Å². The van der Waals surface area contributed by atoms with Crippen molar-refractivity contribution in [1.29, 1.82) is 0 Å². The summed E-state index contributed by atoms with van der Waals surface area (Å²) in [6, 6.07) is 23.0. The first-order valence-electron chi connectivity index (χ1n) is 8.75. The van der Waals surface area contributed by atoms with E-state index < -0.39 is 0 Å². The number of hydrogen-bond acceptors (Lipinski definition) is 3. The minimum atomic E-state index is -0.0396. The number of aromatic nitrogens is 2. The molecule has 4 rings (SSSR count). The Balaban J connectivity index is 1.57. The molecule has 0 N–H and O–H groups in total. The van der Waals surface area contributed by atoms with E-state index in [9.17, 15) is 4.79 Å². The summed E-state index contributed by atoms with van der Waals surface area (Å²) < 4.78 is 7.21. The van der Waals surface area contributed by atoms with Crippen LogP contribution >= 0.6 is 0 Å². The Morgan fingerprint density at radius 1 is 0.926 bits per heavy atom. The molecule has 4 aromatic rings. The number of amides is 1. The molecule has 0 radical (unpaired) electrons. The maximum absolute atomic E-state index is 13.1. The number of carbonyl (C=O) groups excluding carboxylic acids is 1. The van der Waals surface area contributed by atoms with Gasteiger partial charge in [0.2, 0.25) is 0 Å². The van der Waals surface area contributed by atoms with Gasteiger partial charge in [0.25, 0.3) is 5.91 Å². The van der Waals surface area contributed by atoms with Gasteiger partial charge in [-0.25, -0.2) is 4.68 Å². The molecule has 0 aliphatic carbocycles. The zero-order valence-corrected chi connectivity index (χ0v) is 14.7. The third kappa shape index (κ3) is 3.98. The van der Waals surface area contributed by atoms with Crippen LogP contribution < -0.4 is 0 Å². The average molecular weight is 357 g/mol. The quantitative estimate of drug-likeness (QED) is 0.517. The van der Waals surface area contributed by atoms with Gasteiger partial charge in [-0.3, -0.25) is 4.79 Å². The van der Waals surface area contributed by atoms with Crippen LogP contribution in [0.1, 0.15) is 21.7 Å². The molecule has 1 amide bonds. The predicted molar refractivity (Wildman–Crippen MR) is 102 cm³/mol. The van der Waals surface area contributed by atoms with Crippen LogP contribution in [0.3, 0.4) is 0 Å². The minimum absolute atomic E-state index is 0.0396. The van der Waals surface area contributed by atoms with Gasteiger partial charge in [0.1, 0.15) is 5.76 Å². The molecule has 2 aromatic heterocycles. The zero-order valence-electron chi connectivity index (χ0n) is 14.7. The molecule has 0 spiro atoms. The van der Waals surface area contributed by atoms with Crippen molar-refractivity contribution in [2.24, 2.45) is 0 Å². The maximum Gasteiger partial charge on any atom is 0.254 e. The standard InChI is InChI=1S/C22H19N3O2/c26-22(19-9-11-20(12-10-19)25-14-5-13-23-25)24(17-21-8-4-15-27-21)16-18-6-2-1-3-7-18/h1-15H,16-17H2. The van der Waals surface area contributed by atoms with Gasteiger partial charge in [0, 0.05) is 24.5 Å². The first kappa shape index (κ1) is 16.8. The molecule has 2 heterocycles. The SMILES string of the molecule is O=C(c1ccc(-n2cccn2)cc1)N(Cc1ccccc1)Cc1ccco1. The molecule has 27 heavy (non-hydrogen) atoms. The second-order valence-corrected chi connectivity index (χ2v) is 6.22. The van der Waals surface area contributed by atoms with Gasteiger partial charge in [-0.15, -0.1) is 0 Å². The number of hydrogen-bond donors (Lipinski definition) is 0. The van der Waals surface area contributed by atoms with Gasteiger partial charge in [0.15, 0.2) is 0 Å². The fourth-order valence-corrected chi connectivity index (χ4v) is 2.95. The Labute approximate surface area is 157 Å². The molecule has 0 atom stereocenters. The van der Waals surface area contributed by atoms with Gasteiger partial charge < -0.3 is 9.32 Å². The maximum atomic E-state index is 13.1. The lowest BCUT2D eigenvalue weighted by Gasteiger charge is -2.22. The van der Waals surface area contributed by atoms with Crippen molar-refractivity contribution in [3.63, 3.8) is 0 Å². The number of nitrogens with zero attached hydrogens (tertiary/aromatic N) is 3. The normalized spacial score (nSPS) is 10.7. The Morgan fingerprint density at radius 2 is 1.74 bits per heavy atom. The highest BCUT2D eigenvalue weighted by Crippen LogP contribution is 2.16. The number of benzene rings is 2. The van der Waals surface area contributed by atoms with E-state index in [1.54, 1.807) is 22.0 Å². The molecule has 2 aromatic carbocycles. The van der Waals surface area contributed by atoms with E-state index in [0.717, 1.165) is 17.0 Å². The summed E-state index contributed by atoms with van der Waals surface area (Å²) in [5, 5.41) is 4.21. The fourth-order valence-electron chi connectivity index (χ4n) is 2.95. The van der Waals surface area contributed by atoms with Crippen molar-refractivity contribution in [3.05, 3.63) is 108 Å². The lowest BCUT2D eigenvalue weighted by atomic mass is 10.1. The molecule has 0 saturated carbocycles. The summed E-state index contributed by atoms with van der Waals surface area (Å²) in [4.78, 5) is 14.9. The largest absolute Gasteiger partial charge is 0.467 e. The monoisotopic (exact) mass is 357 g/mol. The average Bonchev–Trinajstić information content (AvgIpc) is 3.42. The Bertz CT molecular complexity index is 976. The van der Waals surface area contributed by atoms with Crippen molar-refractivity contribution in [1.82, 2.24) is 14.7 Å².